The molecule has 3 aromatic carbocycles. The fraction of sp³-hybridized carbons (Fsp3) is 0.0741. The molecule has 5 aromatic rings. The van der Waals surface area contributed by atoms with Crippen LogP contribution >= 0.6 is 15.9 Å². The van der Waals surface area contributed by atoms with Gasteiger partial charge in [-0.15, -0.1) is 6.58 Å². The maximum absolute atomic E-state index is 13.4. The predicted molar refractivity (Wildman–Crippen MR) is 140 cm³/mol. The van der Waals surface area contributed by atoms with Gasteiger partial charge in [0.15, 0.2) is 17.3 Å². The highest BCUT2D eigenvalue weighted by Gasteiger charge is 2.17. The molecule has 0 unspecified atom stereocenters. The van der Waals surface area contributed by atoms with Crippen LogP contribution in [-0.4, -0.2) is 28.1 Å². The van der Waals surface area contributed by atoms with E-state index in [9.17, 15) is 9.90 Å². The summed E-state index contributed by atoms with van der Waals surface area (Å²) in [5, 5.41) is 16.2. The van der Waals surface area contributed by atoms with Gasteiger partial charge < -0.3 is 14.3 Å². The van der Waals surface area contributed by atoms with Crippen LogP contribution in [0.2, 0.25) is 0 Å². The van der Waals surface area contributed by atoms with Crippen LogP contribution in [0.25, 0.3) is 33.5 Å². The Morgan fingerprint density at radius 2 is 2.03 bits per heavy atom. The molecule has 0 saturated heterocycles. The van der Waals surface area contributed by atoms with Crippen LogP contribution in [-0.2, 0) is 6.42 Å². The van der Waals surface area contributed by atoms with Crippen LogP contribution in [0.15, 0.2) is 92.1 Å². The molecule has 0 atom stereocenters. The lowest BCUT2D eigenvalue weighted by Crippen LogP contribution is -2.20. The summed E-state index contributed by atoms with van der Waals surface area (Å²) in [6, 6.07) is 18.0. The Morgan fingerprint density at radius 3 is 2.83 bits per heavy atom. The molecule has 0 aliphatic heterocycles. The fourth-order valence-electron chi connectivity index (χ4n) is 3.87. The number of phenolic OH excluding ortho intramolecular Hbond substituents is 1. The van der Waals surface area contributed by atoms with Crippen LogP contribution in [0.5, 0.6) is 11.5 Å². The lowest BCUT2D eigenvalue weighted by Gasteiger charge is -2.10. The molecule has 8 heteroatoms. The highest BCUT2D eigenvalue weighted by atomic mass is 79.9. The van der Waals surface area contributed by atoms with E-state index in [-0.39, 0.29) is 17.1 Å². The Bertz CT molecular complexity index is 1680. The van der Waals surface area contributed by atoms with Gasteiger partial charge in [0.05, 0.1) is 24.2 Å². The maximum Gasteiger partial charge on any atom is 0.282 e. The van der Waals surface area contributed by atoms with Crippen molar-refractivity contribution in [2.45, 2.75) is 6.42 Å². The monoisotopic (exact) mass is 529 g/mol. The molecule has 2 aromatic heterocycles. The zero-order valence-electron chi connectivity index (χ0n) is 18.7. The number of aromatic hydroxyl groups is 1. The van der Waals surface area contributed by atoms with Gasteiger partial charge in [0.1, 0.15) is 5.58 Å². The van der Waals surface area contributed by atoms with Crippen LogP contribution in [0.4, 0.5) is 0 Å². The smallest absolute Gasteiger partial charge is 0.282 e. The van der Waals surface area contributed by atoms with Gasteiger partial charge in [-0.05, 0) is 60.5 Å². The van der Waals surface area contributed by atoms with E-state index in [4.69, 9.17) is 14.1 Å². The van der Waals surface area contributed by atoms with Crippen LogP contribution in [0.1, 0.15) is 11.1 Å². The number of hydrogen-bond donors (Lipinski definition) is 1. The second-order valence-electron chi connectivity index (χ2n) is 7.83. The lowest BCUT2D eigenvalue weighted by atomic mass is 10.1. The number of aromatic nitrogens is 2. The van der Waals surface area contributed by atoms with Crippen LogP contribution in [0.3, 0.4) is 0 Å². The number of nitrogens with zero attached hydrogens (tertiary/aromatic N) is 3. The Morgan fingerprint density at radius 1 is 1.20 bits per heavy atom. The third kappa shape index (κ3) is 4.24. The number of halogens is 1. The Kier molecular flexibility index (Phi) is 5.96. The average molecular weight is 530 g/mol. The molecule has 1 N–H and O–H groups in total. The van der Waals surface area contributed by atoms with E-state index in [0.29, 0.717) is 45.5 Å². The van der Waals surface area contributed by atoms with Crippen LogP contribution < -0.4 is 10.3 Å². The van der Waals surface area contributed by atoms with Crippen molar-refractivity contribution in [1.29, 1.82) is 0 Å². The number of furan rings is 1. The summed E-state index contributed by atoms with van der Waals surface area (Å²) in [6.07, 6.45) is 3.65. The van der Waals surface area contributed by atoms with Gasteiger partial charge in [-0.25, -0.2) is 4.98 Å². The largest absolute Gasteiger partial charge is 0.504 e. The van der Waals surface area contributed by atoms with Gasteiger partial charge in [0.25, 0.3) is 5.56 Å². The summed E-state index contributed by atoms with van der Waals surface area (Å²) in [7, 11) is 1.48. The van der Waals surface area contributed by atoms with E-state index in [0.717, 1.165) is 9.86 Å². The first-order valence-corrected chi connectivity index (χ1v) is 11.5. The van der Waals surface area contributed by atoms with Crippen molar-refractivity contribution in [2.75, 3.05) is 7.11 Å². The molecule has 0 saturated carbocycles. The first-order valence-electron chi connectivity index (χ1n) is 10.7. The number of para-hydroxylation sites is 1. The SMILES string of the molecule is C=CCc1cc(C=Nn2c(-c3cc4cc(Br)ccc4o3)nc3ccccc3c2=O)cc(OC)c1O. The maximum atomic E-state index is 13.4. The lowest BCUT2D eigenvalue weighted by molar-refractivity contribution is 0.371. The molecule has 0 amide bonds. The van der Waals surface area contributed by atoms with Crippen molar-refractivity contribution in [1.82, 2.24) is 9.66 Å². The van der Waals surface area contributed by atoms with E-state index in [1.165, 1.54) is 18.0 Å². The first kappa shape index (κ1) is 22.6. The number of benzene rings is 3. The Balaban J connectivity index is 1.70. The van der Waals surface area contributed by atoms with E-state index in [1.807, 2.05) is 30.3 Å². The summed E-state index contributed by atoms with van der Waals surface area (Å²) < 4.78 is 13.5. The normalized spacial score (nSPS) is 11.5. The molecule has 35 heavy (non-hydrogen) atoms. The summed E-state index contributed by atoms with van der Waals surface area (Å²) in [6.45, 7) is 3.73. The van der Waals surface area contributed by atoms with E-state index < -0.39 is 0 Å². The Hall–Kier alpha value is -4.17. The minimum absolute atomic E-state index is 0.0446. The third-order valence-corrected chi connectivity index (χ3v) is 6.03. The van der Waals surface area contributed by atoms with Crippen molar-refractivity contribution in [3.05, 3.63) is 99.3 Å². The van der Waals surface area contributed by atoms with Crippen molar-refractivity contribution in [2.24, 2.45) is 5.10 Å². The molecule has 0 spiro atoms. The molecule has 0 aliphatic carbocycles. The minimum atomic E-state index is -0.333. The van der Waals surface area contributed by atoms with Gasteiger partial charge in [-0.1, -0.05) is 34.1 Å². The number of methoxy groups -OCH3 is 1. The number of ether oxygens (including phenoxy) is 1. The number of rotatable bonds is 6. The molecular weight excluding hydrogens is 510 g/mol. The molecule has 7 nitrogen and oxygen atoms in total. The van der Waals surface area contributed by atoms with E-state index in [1.54, 1.807) is 36.4 Å². The second kappa shape index (κ2) is 9.23. The summed E-state index contributed by atoms with van der Waals surface area (Å²) in [5.41, 5.74) is 2.14. The van der Waals surface area contributed by atoms with Crippen molar-refractivity contribution in [3.63, 3.8) is 0 Å². The predicted octanol–water partition coefficient (Wildman–Crippen LogP) is 5.90. The molecule has 0 aliphatic rings. The highest BCUT2D eigenvalue weighted by molar-refractivity contribution is 9.10. The molecule has 0 bridgehead atoms. The molecule has 0 fully saturated rings. The third-order valence-electron chi connectivity index (χ3n) is 5.54. The van der Waals surface area contributed by atoms with Gasteiger partial charge in [-0.3, -0.25) is 4.79 Å². The summed E-state index contributed by atoms with van der Waals surface area (Å²) in [4.78, 5) is 18.1. The molecule has 0 radical (unpaired) electrons. The van der Waals surface area contributed by atoms with Gasteiger partial charge in [0, 0.05) is 15.4 Å². The highest BCUT2D eigenvalue weighted by Crippen LogP contribution is 2.32. The van der Waals surface area contributed by atoms with Gasteiger partial charge >= 0.3 is 0 Å². The van der Waals surface area contributed by atoms with Gasteiger partial charge in [0.2, 0.25) is 5.82 Å². The molecule has 2 heterocycles. The summed E-state index contributed by atoms with van der Waals surface area (Å²) in [5.74, 6) is 1.03. The molecule has 174 valence electrons. The number of hydrogen-bond acceptors (Lipinski definition) is 6. The summed E-state index contributed by atoms with van der Waals surface area (Å²) >= 11 is 3.47. The molecule has 5 rings (SSSR count). The zero-order chi connectivity index (χ0) is 24.5. The fourth-order valence-corrected chi connectivity index (χ4v) is 4.25. The van der Waals surface area contributed by atoms with Crippen molar-refractivity contribution >= 4 is 44.0 Å². The van der Waals surface area contributed by atoms with Gasteiger partial charge in [-0.2, -0.15) is 9.78 Å². The van der Waals surface area contributed by atoms with E-state index >= 15 is 0 Å². The second-order valence-corrected chi connectivity index (χ2v) is 8.75. The first-order chi connectivity index (χ1) is 17.0. The van der Waals surface area contributed by atoms with Crippen LogP contribution in [0, 0.1) is 0 Å². The topological polar surface area (TPSA) is 89.9 Å². The quantitative estimate of drug-likeness (QED) is 0.218. The van der Waals surface area contributed by atoms with E-state index in [2.05, 4.69) is 27.6 Å². The number of allylic oxidation sites excluding steroid dienone is 1. The molecular formula is C27H20BrN3O4. The van der Waals surface area contributed by atoms with Crippen molar-refractivity contribution in [3.8, 4) is 23.1 Å². The zero-order valence-corrected chi connectivity index (χ0v) is 20.3. The average Bonchev–Trinajstić information content (AvgIpc) is 3.28. The number of phenols is 1. The Labute approximate surface area is 208 Å². The standard InChI is InChI=1S/C27H20BrN3O4/c1-3-6-17-11-16(12-23(34-2)25(17)32)15-29-31-26(30-21-8-5-4-7-20(21)27(31)33)24-14-18-13-19(28)9-10-22(18)35-24/h3-5,7-15,32H,1,6H2,2H3. The van der Waals surface area contributed by atoms with Crippen molar-refractivity contribution < 1.29 is 14.3 Å². The minimum Gasteiger partial charge on any atom is -0.504 e. The number of fused-ring (bicyclic) bond motifs is 2.